The maximum atomic E-state index is 5.74. The molecule has 1 aromatic heterocycles. The van der Waals surface area contributed by atoms with Crippen LogP contribution in [0.5, 0.6) is 0 Å². The number of aromatic nitrogens is 1. The van der Waals surface area contributed by atoms with E-state index in [0.29, 0.717) is 6.04 Å². The molecule has 14 heavy (non-hydrogen) atoms. The highest BCUT2D eigenvalue weighted by Crippen LogP contribution is 2.18. The Labute approximate surface area is 84.0 Å². The summed E-state index contributed by atoms with van der Waals surface area (Å²) in [6, 6.07) is 2.45. The summed E-state index contributed by atoms with van der Waals surface area (Å²) in [7, 11) is 0. The molecule has 1 atom stereocenters. The van der Waals surface area contributed by atoms with E-state index in [2.05, 4.69) is 10.1 Å². The molecule has 0 bridgehead atoms. The lowest BCUT2D eigenvalue weighted by atomic mass is 10.0. The smallest absolute Gasteiger partial charge is 0.124 e. The molecule has 2 rings (SSSR count). The van der Waals surface area contributed by atoms with E-state index in [-0.39, 0.29) is 0 Å². The van der Waals surface area contributed by atoms with Crippen molar-refractivity contribution in [1.82, 2.24) is 10.1 Å². The maximum Gasteiger partial charge on any atom is 0.124 e. The molecule has 2 N–H and O–H groups in total. The Balaban J connectivity index is 1.94. The van der Waals surface area contributed by atoms with Gasteiger partial charge < -0.3 is 10.3 Å². The van der Waals surface area contributed by atoms with Crippen LogP contribution in [0.4, 0.5) is 0 Å². The Morgan fingerprint density at radius 1 is 1.57 bits per heavy atom. The van der Waals surface area contributed by atoms with Crippen LogP contribution in [0.25, 0.3) is 0 Å². The van der Waals surface area contributed by atoms with Gasteiger partial charge in [-0.15, -0.1) is 0 Å². The molecule has 0 amide bonds. The normalized spacial score (nSPS) is 23.9. The van der Waals surface area contributed by atoms with Crippen LogP contribution in [-0.2, 0) is 6.54 Å². The van der Waals surface area contributed by atoms with Crippen LogP contribution in [0.3, 0.4) is 0 Å². The van der Waals surface area contributed by atoms with Crippen molar-refractivity contribution in [3.05, 3.63) is 18.0 Å². The molecular formula is C10H17N3O. The van der Waals surface area contributed by atoms with Gasteiger partial charge >= 0.3 is 0 Å². The third-order valence-electron chi connectivity index (χ3n) is 2.88. The van der Waals surface area contributed by atoms with E-state index in [0.717, 1.165) is 25.3 Å². The molecule has 0 aromatic carbocycles. The summed E-state index contributed by atoms with van der Waals surface area (Å²) < 4.78 is 4.82. The average molecular weight is 195 g/mol. The Morgan fingerprint density at radius 2 is 2.50 bits per heavy atom. The van der Waals surface area contributed by atoms with Crippen molar-refractivity contribution < 1.29 is 4.52 Å². The van der Waals surface area contributed by atoms with Crippen molar-refractivity contribution >= 4 is 0 Å². The first-order valence-corrected chi connectivity index (χ1v) is 5.23. The van der Waals surface area contributed by atoms with Gasteiger partial charge in [0.2, 0.25) is 0 Å². The summed E-state index contributed by atoms with van der Waals surface area (Å²) in [6.45, 7) is 2.75. The standard InChI is InChI=1S/C10H17N3O/c11-7-10-3-1-2-5-13(10)8-9-4-6-14-12-9/h4,6,10H,1-3,5,7-8,11H2. The monoisotopic (exact) mass is 195 g/mol. The summed E-state index contributed by atoms with van der Waals surface area (Å²) in [5.74, 6) is 0. The molecule has 1 fully saturated rings. The number of rotatable bonds is 3. The molecule has 1 unspecified atom stereocenters. The molecule has 0 spiro atoms. The van der Waals surface area contributed by atoms with E-state index < -0.39 is 0 Å². The molecule has 0 radical (unpaired) electrons. The van der Waals surface area contributed by atoms with Gasteiger partial charge in [-0.25, -0.2) is 0 Å². The second kappa shape index (κ2) is 4.57. The van der Waals surface area contributed by atoms with Gasteiger partial charge in [0.25, 0.3) is 0 Å². The Kier molecular flexibility index (Phi) is 3.16. The van der Waals surface area contributed by atoms with Crippen LogP contribution in [-0.4, -0.2) is 29.2 Å². The largest absolute Gasteiger partial charge is 0.364 e. The van der Waals surface area contributed by atoms with E-state index in [4.69, 9.17) is 10.3 Å². The third-order valence-corrected chi connectivity index (χ3v) is 2.88. The molecule has 1 aliphatic heterocycles. The summed E-state index contributed by atoms with van der Waals surface area (Å²) in [6.07, 6.45) is 5.41. The van der Waals surface area contributed by atoms with Gasteiger partial charge in [0, 0.05) is 25.2 Å². The van der Waals surface area contributed by atoms with Crippen LogP contribution in [0.1, 0.15) is 25.0 Å². The van der Waals surface area contributed by atoms with Gasteiger partial charge in [-0.3, -0.25) is 4.90 Å². The highest BCUT2D eigenvalue weighted by Gasteiger charge is 2.21. The minimum atomic E-state index is 0.528. The molecule has 4 nitrogen and oxygen atoms in total. The first-order valence-electron chi connectivity index (χ1n) is 5.23. The molecule has 4 heteroatoms. The van der Waals surface area contributed by atoms with Crippen molar-refractivity contribution in [2.45, 2.75) is 31.8 Å². The molecule has 0 aliphatic carbocycles. The number of nitrogens with zero attached hydrogens (tertiary/aromatic N) is 2. The molecule has 0 saturated carbocycles. The minimum absolute atomic E-state index is 0.528. The Hall–Kier alpha value is -0.870. The predicted molar refractivity (Wildman–Crippen MR) is 53.6 cm³/mol. The second-order valence-electron chi connectivity index (χ2n) is 3.85. The maximum absolute atomic E-state index is 5.74. The van der Waals surface area contributed by atoms with Crippen LogP contribution < -0.4 is 5.73 Å². The molecule has 1 aromatic rings. The second-order valence-corrected chi connectivity index (χ2v) is 3.85. The fraction of sp³-hybridized carbons (Fsp3) is 0.700. The fourth-order valence-electron chi connectivity index (χ4n) is 2.06. The quantitative estimate of drug-likeness (QED) is 0.781. The topological polar surface area (TPSA) is 55.3 Å². The van der Waals surface area contributed by atoms with Crippen LogP contribution >= 0.6 is 0 Å². The first-order chi connectivity index (χ1) is 6.90. The van der Waals surface area contributed by atoms with Crippen LogP contribution in [0, 0.1) is 0 Å². The summed E-state index contributed by atoms with van der Waals surface area (Å²) in [5.41, 5.74) is 6.74. The van der Waals surface area contributed by atoms with Gasteiger partial charge in [-0.2, -0.15) is 0 Å². The van der Waals surface area contributed by atoms with Crippen molar-refractivity contribution in [3.8, 4) is 0 Å². The van der Waals surface area contributed by atoms with Gasteiger partial charge in [-0.1, -0.05) is 11.6 Å². The van der Waals surface area contributed by atoms with Gasteiger partial charge in [0.15, 0.2) is 0 Å². The third kappa shape index (κ3) is 2.13. The minimum Gasteiger partial charge on any atom is -0.364 e. The van der Waals surface area contributed by atoms with E-state index in [1.807, 2.05) is 6.07 Å². The number of hydrogen-bond donors (Lipinski definition) is 1. The zero-order chi connectivity index (χ0) is 9.80. The van der Waals surface area contributed by atoms with Crippen molar-refractivity contribution in [1.29, 1.82) is 0 Å². The lowest BCUT2D eigenvalue weighted by Gasteiger charge is -2.34. The van der Waals surface area contributed by atoms with E-state index in [1.54, 1.807) is 6.26 Å². The van der Waals surface area contributed by atoms with Crippen molar-refractivity contribution in [2.24, 2.45) is 5.73 Å². The van der Waals surface area contributed by atoms with Crippen molar-refractivity contribution in [2.75, 3.05) is 13.1 Å². The van der Waals surface area contributed by atoms with Crippen molar-refractivity contribution in [3.63, 3.8) is 0 Å². The summed E-state index contributed by atoms with van der Waals surface area (Å²) in [4.78, 5) is 2.40. The lowest BCUT2D eigenvalue weighted by Crippen LogP contribution is -2.43. The zero-order valence-electron chi connectivity index (χ0n) is 8.35. The highest BCUT2D eigenvalue weighted by atomic mass is 16.5. The highest BCUT2D eigenvalue weighted by molar-refractivity contribution is 4.96. The molecule has 78 valence electrons. The molecule has 1 aliphatic rings. The molecule has 2 heterocycles. The number of likely N-dealkylation sites (tertiary alicyclic amines) is 1. The van der Waals surface area contributed by atoms with Crippen LogP contribution in [0.2, 0.25) is 0 Å². The number of piperidine rings is 1. The van der Waals surface area contributed by atoms with Gasteiger partial charge in [0.05, 0.1) is 5.69 Å². The summed E-state index contributed by atoms with van der Waals surface area (Å²) >= 11 is 0. The molecular weight excluding hydrogens is 178 g/mol. The molecule has 1 saturated heterocycles. The first kappa shape index (κ1) is 9.68. The fourth-order valence-corrected chi connectivity index (χ4v) is 2.06. The SMILES string of the molecule is NCC1CCCCN1Cc1ccon1. The van der Waals surface area contributed by atoms with E-state index >= 15 is 0 Å². The van der Waals surface area contributed by atoms with Gasteiger partial charge in [0.1, 0.15) is 6.26 Å². The lowest BCUT2D eigenvalue weighted by molar-refractivity contribution is 0.141. The Morgan fingerprint density at radius 3 is 3.21 bits per heavy atom. The average Bonchev–Trinajstić information content (AvgIpc) is 2.71. The number of hydrogen-bond acceptors (Lipinski definition) is 4. The Bertz CT molecular complexity index is 260. The predicted octanol–water partition coefficient (Wildman–Crippen LogP) is 0.988. The zero-order valence-corrected chi connectivity index (χ0v) is 8.35. The summed E-state index contributed by atoms with van der Waals surface area (Å²) in [5, 5.41) is 3.92. The van der Waals surface area contributed by atoms with E-state index in [9.17, 15) is 0 Å². The van der Waals surface area contributed by atoms with Crippen LogP contribution in [0.15, 0.2) is 16.9 Å². The van der Waals surface area contributed by atoms with E-state index in [1.165, 1.54) is 19.3 Å². The number of nitrogens with two attached hydrogens (primary N) is 1. The van der Waals surface area contributed by atoms with Gasteiger partial charge in [-0.05, 0) is 19.4 Å².